The fourth-order valence-corrected chi connectivity index (χ4v) is 4.60. The summed E-state index contributed by atoms with van der Waals surface area (Å²) in [7, 11) is -2.24. The lowest BCUT2D eigenvalue weighted by molar-refractivity contribution is -0.127. The first-order valence-corrected chi connectivity index (χ1v) is 11.1. The van der Waals surface area contributed by atoms with E-state index in [0.29, 0.717) is 6.42 Å². The standard InChI is InChI=1S/C18H24N6O6S/c1-23-10-16(21-11-23)31(28,29)22-12-5-7-24(18(27)14-3-2-8-30-14)13(9-12)17(26)20-6-4-15(19)25/h2-3,8,10-13,22H,4-7,9H2,1H3,(H2,19,25)(H,20,26). The van der Waals surface area contributed by atoms with Crippen LogP contribution in [0.25, 0.3) is 0 Å². The van der Waals surface area contributed by atoms with Crippen LogP contribution in [0, 0.1) is 0 Å². The van der Waals surface area contributed by atoms with Crippen LogP contribution in [0.1, 0.15) is 29.8 Å². The van der Waals surface area contributed by atoms with Gasteiger partial charge in [0.1, 0.15) is 6.04 Å². The molecule has 0 aliphatic carbocycles. The number of rotatable bonds is 8. The van der Waals surface area contributed by atoms with E-state index in [0.717, 1.165) is 0 Å². The van der Waals surface area contributed by atoms with Crippen molar-refractivity contribution in [2.24, 2.45) is 12.8 Å². The first-order valence-electron chi connectivity index (χ1n) is 9.58. The Balaban J connectivity index is 1.75. The largest absolute Gasteiger partial charge is 0.459 e. The van der Waals surface area contributed by atoms with Gasteiger partial charge in [0.05, 0.1) is 12.6 Å². The van der Waals surface area contributed by atoms with Crippen molar-refractivity contribution in [3.05, 3.63) is 36.7 Å². The third kappa shape index (κ3) is 5.49. The van der Waals surface area contributed by atoms with Gasteiger partial charge in [-0.15, -0.1) is 0 Å². The molecule has 13 heteroatoms. The molecule has 168 valence electrons. The van der Waals surface area contributed by atoms with Gasteiger partial charge < -0.3 is 24.9 Å². The molecule has 3 heterocycles. The number of carbonyl (C=O) groups is 3. The summed E-state index contributed by atoms with van der Waals surface area (Å²) in [6, 6.07) is 1.48. The molecule has 4 N–H and O–H groups in total. The summed E-state index contributed by atoms with van der Waals surface area (Å²) in [5, 5.41) is 2.44. The van der Waals surface area contributed by atoms with Crippen molar-refractivity contribution in [1.29, 1.82) is 0 Å². The number of sulfonamides is 1. The Bertz CT molecular complexity index is 1050. The first-order chi connectivity index (χ1) is 14.7. The number of hydrogen-bond acceptors (Lipinski definition) is 7. The van der Waals surface area contributed by atoms with Gasteiger partial charge >= 0.3 is 0 Å². The quantitative estimate of drug-likeness (QED) is 0.459. The Hall–Kier alpha value is -3.19. The second kappa shape index (κ2) is 9.31. The van der Waals surface area contributed by atoms with Gasteiger partial charge in [0, 0.05) is 38.8 Å². The van der Waals surface area contributed by atoms with Crippen LogP contribution in [0.3, 0.4) is 0 Å². The molecule has 1 aliphatic heterocycles. The van der Waals surface area contributed by atoms with Gasteiger partial charge in [-0.3, -0.25) is 14.4 Å². The van der Waals surface area contributed by atoms with Crippen molar-refractivity contribution in [2.45, 2.75) is 36.4 Å². The molecule has 2 unspecified atom stereocenters. The summed E-state index contributed by atoms with van der Waals surface area (Å²) < 4.78 is 34.4. The van der Waals surface area contributed by atoms with Gasteiger partial charge in [-0.1, -0.05) is 0 Å². The molecule has 0 bridgehead atoms. The predicted octanol–water partition coefficient (Wildman–Crippen LogP) is -1.04. The number of aromatic nitrogens is 2. The third-order valence-corrected chi connectivity index (χ3v) is 6.25. The molecule has 0 radical (unpaired) electrons. The highest BCUT2D eigenvalue weighted by Gasteiger charge is 2.39. The molecule has 0 aromatic carbocycles. The van der Waals surface area contributed by atoms with E-state index < -0.39 is 39.8 Å². The van der Waals surface area contributed by atoms with Crippen molar-refractivity contribution in [1.82, 2.24) is 24.5 Å². The summed E-state index contributed by atoms with van der Waals surface area (Å²) in [6.07, 6.45) is 4.37. The highest BCUT2D eigenvalue weighted by atomic mass is 32.2. The fourth-order valence-electron chi connectivity index (χ4n) is 3.34. The molecule has 3 rings (SSSR count). The summed E-state index contributed by atoms with van der Waals surface area (Å²) in [5.41, 5.74) is 5.09. The highest BCUT2D eigenvalue weighted by molar-refractivity contribution is 7.89. The number of furan rings is 1. The lowest BCUT2D eigenvalue weighted by atomic mass is 9.96. The summed E-state index contributed by atoms with van der Waals surface area (Å²) in [6.45, 7) is 0.140. The van der Waals surface area contributed by atoms with Gasteiger partial charge in [0.25, 0.3) is 15.9 Å². The second-order valence-electron chi connectivity index (χ2n) is 7.22. The minimum absolute atomic E-state index is 0.0117. The minimum atomic E-state index is -3.89. The van der Waals surface area contributed by atoms with Crippen molar-refractivity contribution >= 4 is 27.7 Å². The van der Waals surface area contributed by atoms with Crippen molar-refractivity contribution in [3.8, 4) is 0 Å². The zero-order valence-electron chi connectivity index (χ0n) is 16.9. The van der Waals surface area contributed by atoms with Crippen molar-refractivity contribution in [2.75, 3.05) is 13.1 Å². The van der Waals surface area contributed by atoms with E-state index in [1.54, 1.807) is 13.1 Å². The van der Waals surface area contributed by atoms with Crippen LogP contribution in [0.2, 0.25) is 0 Å². The van der Waals surface area contributed by atoms with Gasteiger partial charge in [-0.05, 0) is 25.0 Å². The lowest BCUT2D eigenvalue weighted by Crippen LogP contribution is -2.57. The van der Waals surface area contributed by atoms with E-state index in [-0.39, 0.29) is 36.7 Å². The number of piperidine rings is 1. The van der Waals surface area contributed by atoms with Gasteiger partial charge in [0.2, 0.25) is 11.8 Å². The topological polar surface area (TPSA) is 170 Å². The van der Waals surface area contributed by atoms with Crippen molar-refractivity contribution < 1.29 is 27.2 Å². The lowest BCUT2D eigenvalue weighted by Gasteiger charge is -2.38. The predicted molar refractivity (Wildman–Crippen MR) is 107 cm³/mol. The van der Waals surface area contributed by atoms with Crippen LogP contribution in [-0.4, -0.2) is 65.8 Å². The summed E-state index contributed by atoms with van der Waals surface area (Å²) in [4.78, 5) is 41.7. The van der Waals surface area contributed by atoms with E-state index in [1.165, 1.54) is 34.3 Å². The maximum absolute atomic E-state index is 12.8. The zero-order chi connectivity index (χ0) is 22.6. The molecular formula is C18H24N6O6S. The van der Waals surface area contributed by atoms with E-state index >= 15 is 0 Å². The Labute approximate surface area is 178 Å². The molecule has 1 saturated heterocycles. The monoisotopic (exact) mass is 452 g/mol. The number of nitrogens with one attached hydrogen (secondary N) is 2. The van der Waals surface area contributed by atoms with Gasteiger partial charge in [-0.25, -0.2) is 18.1 Å². The molecule has 0 saturated carbocycles. The molecule has 0 spiro atoms. The Kier molecular flexibility index (Phi) is 6.75. The number of amides is 3. The highest BCUT2D eigenvalue weighted by Crippen LogP contribution is 2.22. The average Bonchev–Trinajstić information content (AvgIpc) is 3.39. The van der Waals surface area contributed by atoms with Crippen molar-refractivity contribution in [3.63, 3.8) is 0 Å². The number of nitrogens with zero attached hydrogens (tertiary/aromatic N) is 3. The average molecular weight is 452 g/mol. The SMILES string of the molecule is Cn1cnc(S(=O)(=O)NC2CCN(C(=O)c3ccco3)C(C(=O)NCCC(N)=O)C2)c1. The normalized spacial score (nSPS) is 19.2. The van der Waals surface area contributed by atoms with Crippen LogP contribution in [-0.2, 0) is 26.7 Å². The number of primary amides is 1. The van der Waals surface area contributed by atoms with E-state index in [4.69, 9.17) is 10.2 Å². The molecule has 2 atom stereocenters. The zero-order valence-corrected chi connectivity index (χ0v) is 17.7. The third-order valence-electron chi connectivity index (χ3n) is 4.85. The van der Waals surface area contributed by atoms with Crippen LogP contribution >= 0.6 is 0 Å². The first kappa shape index (κ1) is 22.5. The van der Waals surface area contributed by atoms with Gasteiger partial charge in [0.15, 0.2) is 10.8 Å². The van der Waals surface area contributed by atoms with Crippen LogP contribution in [0.4, 0.5) is 0 Å². The van der Waals surface area contributed by atoms with E-state index in [1.807, 2.05) is 0 Å². The molecule has 2 aromatic rings. The number of aryl methyl sites for hydroxylation is 1. The number of carbonyl (C=O) groups excluding carboxylic acids is 3. The Morgan fingerprint density at radius 2 is 2.13 bits per heavy atom. The van der Waals surface area contributed by atoms with Crippen LogP contribution < -0.4 is 15.8 Å². The maximum atomic E-state index is 12.8. The Morgan fingerprint density at radius 3 is 2.74 bits per heavy atom. The van der Waals surface area contributed by atoms with Crippen LogP contribution in [0.5, 0.6) is 0 Å². The maximum Gasteiger partial charge on any atom is 0.290 e. The fraction of sp³-hybridized carbons (Fsp3) is 0.444. The van der Waals surface area contributed by atoms with E-state index in [9.17, 15) is 22.8 Å². The molecule has 1 fully saturated rings. The second-order valence-corrected chi connectivity index (χ2v) is 8.88. The number of imidazole rings is 1. The molecule has 2 aromatic heterocycles. The molecule has 3 amide bonds. The summed E-state index contributed by atoms with van der Waals surface area (Å²) in [5.74, 6) is -1.50. The van der Waals surface area contributed by atoms with E-state index in [2.05, 4.69) is 15.0 Å². The molecular weight excluding hydrogens is 428 g/mol. The van der Waals surface area contributed by atoms with Crippen LogP contribution in [0.15, 0.2) is 40.4 Å². The molecule has 12 nitrogen and oxygen atoms in total. The summed E-state index contributed by atoms with van der Waals surface area (Å²) >= 11 is 0. The number of hydrogen-bond donors (Lipinski definition) is 3. The number of nitrogens with two attached hydrogens (primary N) is 1. The van der Waals surface area contributed by atoms with Gasteiger partial charge in [-0.2, -0.15) is 0 Å². The minimum Gasteiger partial charge on any atom is -0.459 e. The molecule has 1 aliphatic rings. The molecule has 31 heavy (non-hydrogen) atoms. The number of likely N-dealkylation sites (tertiary alicyclic amines) is 1. The Morgan fingerprint density at radius 1 is 1.35 bits per heavy atom. The smallest absolute Gasteiger partial charge is 0.290 e.